The van der Waals surface area contributed by atoms with Gasteiger partial charge in [0, 0.05) is 30.8 Å². The standard InChI is InChI=1S/C20H20N4OS/c1-23-19(18(22-20(23)26)16-6-3-4-12-21-16)17-7-5-13-24(17)14-8-10-15(25-2)11-9-14/h3-13,18-19H,1-2H3,(H,22,26)/t18-,19+/m0/s1. The molecule has 5 nitrogen and oxygen atoms in total. The molecule has 0 aliphatic carbocycles. The lowest BCUT2D eigenvalue weighted by molar-refractivity contribution is 0.357. The third kappa shape index (κ3) is 2.82. The lowest BCUT2D eigenvalue weighted by Crippen LogP contribution is -2.25. The Morgan fingerprint density at radius 1 is 1.08 bits per heavy atom. The van der Waals surface area contributed by atoms with Crippen molar-refractivity contribution < 1.29 is 4.74 Å². The lowest BCUT2D eigenvalue weighted by atomic mass is 10.0. The quantitative estimate of drug-likeness (QED) is 0.718. The van der Waals surface area contributed by atoms with E-state index in [-0.39, 0.29) is 12.1 Å². The summed E-state index contributed by atoms with van der Waals surface area (Å²) in [7, 11) is 3.70. The fourth-order valence-electron chi connectivity index (χ4n) is 3.44. The number of pyridine rings is 1. The summed E-state index contributed by atoms with van der Waals surface area (Å²) >= 11 is 5.52. The van der Waals surface area contributed by atoms with E-state index in [9.17, 15) is 0 Å². The van der Waals surface area contributed by atoms with Gasteiger partial charge in [-0.2, -0.15) is 0 Å². The largest absolute Gasteiger partial charge is 0.497 e. The zero-order chi connectivity index (χ0) is 18.1. The van der Waals surface area contributed by atoms with Crippen LogP contribution in [0.4, 0.5) is 0 Å². The van der Waals surface area contributed by atoms with Gasteiger partial charge in [0.05, 0.1) is 24.9 Å². The molecule has 0 bridgehead atoms. The van der Waals surface area contributed by atoms with E-state index in [1.165, 1.54) is 0 Å². The second-order valence-electron chi connectivity index (χ2n) is 6.24. The van der Waals surface area contributed by atoms with Gasteiger partial charge in [-0.05, 0) is 60.7 Å². The Morgan fingerprint density at radius 3 is 2.58 bits per heavy atom. The van der Waals surface area contributed by atoms with E-state index in [1.807, 2.05) is 43.6 Å². The summed E-state index contributed by atoms with van der Waals surface area (Å²) in [6, 6.07) is 18.3. The zero-order valence-electron chi connectivity index (χ0n) is 14.7. The molecule has 3 heterocycles. The van der Waals surface area contributed by atoms with Crippen molar-refractivity contribution in [3.8, 4) is 11.4 Å². The number of hydrogen-bond donors (Lipinski definition) is 1. The van der Waals surface area contributed by atoms with E-state index in [1.54, 1.807) is 7.11 Å². The van der Waals surface area contributed by atoms with Crippen LogP contribution >= 0.6 is 12.2 Å². The summed E-state index contributed by atoms with van der Waals surface area (Å²) in [4.78, 5) is 6.64. The Hall–Kier alpha value is -2.86. The average Bonchev–Trinajstić information content (AvgIpc) is 3.27. The summed E-state index contributed by atoms with van der Waals surface area (Å²) in [5.41, 5.74) is 3.21. The molecule has 1 aromatic carbocycles. The molecule has 1 fully saturated rings. The molecule has 1 aliphatic rings. The first kappa shape index (κ1) is 16.6. The minimum atomic E-state index is 0.000554. The van der Waals surface area contributed by atoms with Crippen LogP contribution in [0.1, 0.15) is 23.5 Å². The van der Waals surface area contributed by atoms with Crippen LogP contribution in [0.15, 0.2) is 67.0 Å². The number of methoxy groups -OCH3 is 1. The van der Waals surface area contributed by atoms with Crippen molar-refractivity contribution in [3.63, 3.8) is 0 Å². The molecule has 2 aromatic heterocycles. The highest BCUT2D eigenvalue weighted by atomic mass is 32.1. The van der Waals surface area contributed by atoms with Crippen molar-refractivity contribution in [1.82, 2.24) is 19.8 Å². The predicted octanol–water partition coefficient (Wildman–Crippen LogP) is 3.48. The van der Waals surface area contributed by atoms with E-state index >= 15 is 0 Å². The maximum Gasteiger partial charge on any atom is 0.169 e. The highest BCUT2D eigenvalue weighted by Crippen LogP contribution is 2.38. The number of hydrogen-bond acceptors (Lipinski definition) is 3. The topological polar surface area (TPSA) is 42.3 Å². The number of nitrogens with zero attached hydrogens (tertiary/aromatic N) is 3. The van der Waals surface area contributed by atoms with Crippen LogP contribution in [0, 0.1) is 0 Å². The predicted molar refractivity (Wildman–Crippen MR) is 106 cm³/mol. The third-order valence-corrected chi connectivity index (χ3v) is 5.18. The molecule has 2 atom stereocenters. The molecule has 1 N–H and O–H groups in total. The van der Waals surface area contributed by atoms with E-state index < -0.39 is 0 Å². The number of thiocarbonyl (C=S) groups is 1. The van der Waals surface area contributed by atoms with Crippen molar-refractivity contribution in [3.05, 3.63) is 78.4 Å². The van der Waals surface area contributed by atoms with Crippen LogP contribution in [-0.4, -0.2) is 33.7 Å². The number of rotatable bonds is 4. The van der Waals surface area contributed by atoms with E-state index in [4.69, 9.17) is 17.0 Å². The number of ether oxygens (including phenoxy) is 1. The fraction of sp³-hybridized carbons (Fsp3) is 0.200. The van der Waals surface area contributed by atoms with E-state index in [0.717, 1.165) is 27.9 Å². The average molecular weight is 364 g/mol. The Morgan fingerprint density at radius 2 is 1.88 bits per heavy atom. The summed E-state index contributed by atoms with van der Waals surface area (Å²) in [5, 5.41) is 4.15. The van der Waals surface area contributed by atoms with Crippen LogP contribution in [0.3, 0.4) is 0 Å². The van der Waals surface area contributed by atoms with Gasteiger partial charge in [0.15, 0.2) is 5.11 Å². The molecule has 0 amide bonds. The molecular weight excluding hydrogens is 344 g/mol. The highest BCUT2D eigenvalue weighted by Gasteiger charge is 2.39. The molecule has 26 heavy (non-hydrogen) atoms. The zero-order valence-corrected chi connectivity index (χ0v) is 15.5. The summed E-state index contributed by atoms with van der Waals surface area (Å²) in [6.07, 6.45) is 3.89. The molecule has 0 radical (unpaired) electrons. The van der Waals surface area contributed by atoms with Gasteiger partial charge in [0.25, 0.3) is 0 Å². The second-order valence-corrected chi connectivity index (χ2v) is 6.63. The van der Waals surface area contributed by atoms with E-state index in [0.29, 0.717) is 0 Å². The molecular formula is C20H20N4OS. The second kappa shape index (κ2) is 6.80. The first-order valence-corrected chi connectivity index (χ1v) is 8.86. The minimum absolute atomic E-state index is 0.000554. The Labute approximate surface area is 158 Å². The molecule has 0 spiro atoms. The van der Waals surface area contributed by atoms with Gasteiger partial charge in [0.2, 0.25) is 0 Å². The molecule has 1 aliphatic heterocycles. The van der Waals surface area contributed by atoms with Gasteiger partial charge < -0.3 is 19.5 Å². The molecule has 0 saturated carbocycles. The van der Waals surface area contributed by atoms with Crippen molar-refractivity contribution in [2.45, 2.75) is 12.1 Å². The molecule has 6 heteroatoms. The molecule has 3 aromatic rings. The van der Waals surface area contributed by atoms with Gasteiger partial charge in [-0.15, -0.1) is 0 Å². The first-order valence-electron chi connectivity index (χ1n) is 8.45. The maximum absolute atomic E-state index is 5.52. The van der Waals surface area contributed by atoms with Gasteiger partial charge in [-0.1, -0.05) is 6.07 Å². The van der Waals surface area contributed by atoms with Crippen molar-refractivity contribution in [2.24, 2.45) is 0 Å². The first-order chi connectivity index (χ1) is 12.7. The monoisotopic (exact) mass is 364 g/mol. The number of benzene rings is 1. The maximum atomic E-state index is 5.52. The SMILES string of the molecule is COc1ccc(-n2cccc2[C@@H]2[C@H](c3ccccn3)NC(=S)N2C)cc1. The van der Waals surface area contributed by atoms with Crippen LogP contribution < -0.4 is 10.1 Å². The fourth-order valence-corrected chi connectivity index (χ4v) is 3.68. The Kier molecular flexibility index (Phi) is 4.34. The van der Waals surface area contributed by atoms with Gasteiger partial charge in [-0.25, -0.2) is 0 Å². The molecule has 4 rings (SSSR count). The smallest absolute Gasteiger partial charge is 0.169 e. The van der Waals surface area contributed by atoms with Crippen molar-refractivity contribution >= 4 is 17.3 Å². The van der Waals surface area contributed by atoms with Crippen LogP contribution in [0.25, 0.3) is 5.69 Å². The Bertz CT molecular complexity index is 907. The minimum Gasteiger partial charge on any atom is -0.497 e. The van der Waals surface area contributed by atoms with E-state index in [2.05, 4.69) is 50.2 Å². The van der Waals surface area contributed by atoms with Crippen molar-refractivity contribution in [1.29, 1.82) is 0 Å². The van der Waals surface area contributed by atoms with Gasteiger partial charge in [-0.3, -0.25) is 4.98 Å². The van der Waals surface area contributed by atoms with Crippen LogP contribution in [0.2, 0.25) is 0 Å². The van der Waals surface area contributed by atoms with Crippen molar-refractivity contribution in [2.75, 3.05) is 14.2 Å². The normalized spacial score (nSPS) is 19.5. The third-order valence-electron chi connectivity index (χ3n) is 4.77. The lowest BCUT2D eigenvalue weighted by Gasteiger charge is -2.25. The molecule has 0 unspecified atom stereocenters. The highest BCUT2D eigenvalue weighted by molar-refractivity contribution is 7.80. The molecule has 1 saturated heterocycles. The van der Waals surface area contributed by atoms with Crippen LogP contribution in [0.5, 0.6) is 5.75 Å². The number of aromatic nitrogens is 2. The molecule has 132 valence electrons. The summed E-state index contributed by atoms with van der Waals surface area (Å²) in [6.45, 7) is 0. The number of nitrogens with one attached hydrogen (secondary N) is 1. The Balaban J connectivity index is 1.76. The van der Waals surface area contributed by atoms with Gasteiger partial charge in [0.1, 0.15) is 5.75 Å². The summed E-state index contributed by atoms with van der Waals surface area (Å²) in [5.74, 6) is 0.842. The van der Waals surface area contributed by atoms with Gasteiger partial charge >= 0.3 is 0 Å². The summed E-state index contributed by atoms with van der Waals surface area (Å²) < 4.78 is 7.46. The number of likely N-dealkylation sites (N-methyl/N-ethyl adjacent to an activating group) is 1. The van der Waals surface area contributed by atoms with Crippen LogP contribution in [-0.2, 0) is 0 Å².